The van der Waals surface area contributed by atoms with Gasteiger partial charge in [-0.25, -0.2) is 8.70 Å². The molecule has 0 bridgehead atoms. The number of methoxy groups -OCH3 is 1. The standard InChI is InChI=1S/C25H35FN4O5S/c1-6-15-27-25(32)22(7-2)29(17-19-11-10-12-20(16-19)35-5)24(31)18-30(36(33,34)28(3)4)23-14-9-8-13-21(23)26/h8-14,16,22H,6-7,15,17-18H2,1-5H3,(H,27,32)/t22-/m0/s1. The summed E-state index contributed by atoms with van der Waals surface area (Å²) in [5.74, 6) is -1.21. The average Bonchev–Trinajstić information content (AvgIpc) is 2.86. The number of anilines is 1. The summed E-state index contributed by atoms with van der Waals surface area (Å²) in [6.45, 7) is 3.46. The van der Waals surface area contributed by atoms with Crippen molar-refractivity contribution in [3.63, 3.8) is 0 Å². The lowest BCUT2D eigenvalue weighted by molar-refractivity contribution is -0.140. The van der Waals surface area contributed by atoms with Crippen LogP contribution in [0, 0.1) is 5.82 Å². The summed E-state index contributed by atoms with van der Waals surface area (Å²) in [5, 5.41) is 2.81. The largest absolute Gasteiger partial charge is 0.497 e. The van der Waals surface area contributed by atoms with Crippen molar-refractivity contribution in [2.75, 3.05) is 38.6 Å². The third-order valence-electron chi connectivity index (χ3n) is 5.56. The number of amides is 2. The Balaban J connectivity index is 2.52. The maximum absolute atomic E-state index is 14.7. The van der Waals surface area contributed by atoms with Gasteiger partial charge in [0.25, 0.3) is 0 Å². The van der Waals surface area contributed by atoms with Crippen molar-refractivity contribution in [2.24, 2.45) is 0 Å². The third-order valence-corrected chi connectivity index (χ3v) is 7.37. The van der Waals surface area contributed by atoms with Crippen LogP contribution in [0.25, 0.3) is 0 Å². The summed E-state index contributed by atoms with van der Waals surface area (Å²) >= 11 is 0. The molecule has 0 aliphatic heterocycles. The van der Waals surface area contributed by atoms with E-state index >= 15 is 0 Å². The normalized spacial score (nSPS) is 12.2. The molecule has 0 heterocycles. The van der Waals surface area contributed by atoms with Gasteiger partial charge in [0, 0.05) is 27.2 Å². The Bertz CT molecular complexity index is 1140. The van der Waals surface area contributed by atoms with Gasteiger partial charge in [0.05, 0.1) is 12.8 Å². The minimum absolute atomic E-state index is 0.0290. The number of para-hydroxylation sites is 1. The Morgan fingerprint density at radius 2 is 1.78 bits per heavy atom. The van der Waals surface area contributed by atoms with Crippen LogP contribution < -0.4 is 14.4 Å². The lowest BCUT2D eigenvalue weighted by Gasteiger charge is -2.34. The van der Waals surface area contributed by atoms with Gasteiger partial charge in [-0.2, -0.15) is 12.7 Å². The van der Waals surface area contributed by atoms with Gasteiger partial charge in [-0.15, -0.1) is 0 Å². The Labute approximate surface area is 213 Å². The second kappa shape index (κ2) is 13.2. The first-order valence-corrected chi connectivity index (χ1v) is 13.1. The van der Waals surface area contributed by atoms with E-state index in [0.29, 0.717) is 30.7 Å². The van der Waals surface area contributed by atoms with Gasteiger partial charge in [0.15, 0.2) is 0 Å². The van der Waals surface area contributed by atoms with Gasteiger partial charge in [-0.05, 0) is 42.7 Å². The summed E-state index contributed by atoms with van der Waals surface area (Å²) in [6, 6.07) is 11.5. The monoisotopic (exact) mass is 522 g/mol. The van der Waals surface area contributed by atoms with E-state index in [2.05, 4.69) is 5.32 Å². The van der Waals surface area contributed by atoms with Crippen LogP contribution in [0.2, 0.25) is 0 Å². The number of halogens is 1. The minimum Gasteiger partial charge on any atom is -0.497 e. The summed E-state index contributed by atoms with van der Waals surface area (Å²) in [5.41, 5.74) is 0.432. The molecule has 198 valence electrons. The summed E-state index contributed by atoms with van der Waals surface area (Å²) in [6.07, 6.45) is 1.01. The Kier molecular flexibility index (Phi) is 10.7. The molecule has 0 unspecified atom stereocenters. The molecule has 2 rings (SSSR count). The molecule has 0 spiro atoms. The molecule has 0 radical (unpaired) electrons. The fourth-order valence-corrected chi connectivity index (χ4v) is 4.67. The van der Waals surface area contributed by atoms with E-state index in [1.807, 2.05) is 6.92 Å². The molecule has 2 aromatic rings. The first-order chi connectivity index (χ1) is 17.1. The van der Waals surface area contributed by atoms with Gasteiger partial charge < -0.3 is 15.0 Å². The van der Waals surface area contributed by atoms with E-state index in [1.54, 1.807) is 31.2 Å². The van der Waals surface area contributed by atoms with Gasteiger partial charge in [-0.1, -0.05) is 38.1 Å². The number of benzene rings is 2. The van der Waals surface area contributed by atoms with E-state index in [-0.39, 0.29) is 18.1 Å². The topological polar surface area (TPSA) is 99.3 Å². The van der Waals surface area contributed by atoms with Crippen molar-refractivity contribution in [3.8, 4) is 5.75 Å². The van der Waals surface area contributed by atoms with E-state index in [0.717, 1.165) is 14.7 Å². The molecule has 1 atom stereocenters. The third kappa shape index (κ3) is 7.17. The van der Waals surface area contributed by atoms with Crippen molar-refractivity contribution < 1.29 is 27.1 Å². The zero-order valence-corrected chi connectivity index (χ0v) is 22.2. The number of rotatable bonds is 13. The molecule has 2 aromatic carbocycles. The quantitative estimate of drug-likeness (QED) is 0.436. The van der Waals surface area contributed by atoms with Crippen LogP contribution in [0.5, 0.6) is 5.75 Å². The van der Waals surface area contributed by atoms with Crippen LogP contribution in [0.1, 0.15) is 32.3 Å². The number of nitrogens with zero attached hydrogens (tertiary/aromatic N) is 3. The summed E-state index contributed by atoms with van der Waals surface area (Å²) in [4.78, 5) is 28.0. The number of hydrogen-bond donors (Lipinski definition) is 1. The zero-order valence-electron chi connectivity index (χ0n) is 21.4. The van der Waals surface area contributed by atoms with Crippen molar-refractivity contribution in [1.29, 1.82) is 0 Å². The lowest BCUT2D eigenvalue weighted by atomic mass is 10.1. The van der Waals surface area contributed by atoms with E-state index < -0.39 is 34.5 Å². The number of nitrogens with one attached hydrogen (secondary N) is 1. The maximum Gasteiger partial charge on any atom is 0.304 e. The predicted octanol–water partition coefficient (Wildman–Crippen LogP) is 2.78. The lowest BCUT2D eigenvalue weighted by Crippen LogP contribution is -2.53. The van der Waals surface area contributed by atoms with Crippen LogP contribution in [0.3, 0.4) is 0 Å². The fourth-order valence-electron chi connectivity index (χ4n) is 3.61. The molecular formula is C25H35FN4O5S. The number of carbonyl (C=O) groups is 2. The number of carbonyl (C=O) groups excluding carboxylic acids is 2. The molecule has 9 nitrogen and oxygen atoms in total. The molecule has 0 saturated carbocycles. The average molecular weight is 523 g/mol. The summed E-state index contributed by atoms with van der Waals surface area (Å²) in [7, 11) is -0.113. The van der Waals surface area contributed by atoms with Crippen LogP contribution >= 0.6 is 0 Å². The van der Waals surface area contributed by atoms with Crippen LogP contribution in [0.15, 0.2) is 48.5 Å². The minimum atomic E-state index is -4.23. The van der Waals surface area contributed by atoms with Crippen molar-refractivity contribution in [1.82, 2.24) is 14.5 Å². The maximum atomic E-state index is 14.7. The number of ether oxygens (including phenoxy) is 1. The molecule has 1 N–H and O–H groups in total. The first-order valence-electron chi connectivity index (χ1n) is 11.7. The predicted molar refractivity (Wildman–Crippen MR) is 137 cm³/mol. The summed E-state index contributed by atoms with van der Waals surface area (Å²) < 4.78 is 47.8. The van der Waals surface area contributed by atoms with Gasteiger partial charge in [0.1, 0.15) is 24.2 Å². The zero-order chi connectivity index (χ0) is 26.9. The van der Waals surface area contributed by atoms with Crippen LogP contribution in [-0.2, 0) is 26.3 Å². The molecule has 0 aliphatic carbocycles. The molecule has 11 heteroatoms. The second-order valence-electron chi connectivity index (χ2n) is 8.34. The van der Waals surface area contributed by atoms with E-state index in [1.165, 1.54) is 44.3 Å². The molecule has 0 fully saturated rings. The van der Waals surface area contributed by atoms with Crippen molar-refractivity contribution >= 4 is 27.7 Å². The highest BCUT2D eigenvalue weighted by molar-refractivity contribution is 7.90. The van der Waals surface area contributed by atoms with Crippen molar-refractivity contribution in [3.05, 3.63) is 59.9 Å². The molecule has 36 heavy (non-hydrogen) atoms. The highest BCUT2D eigenvalue weighted by Gasteiger charge is 2.34. The first kappa shape index (κ1) is 29.1. The van der Waals surface area contributed by atoms with Crippen LogP contribution in [-0.4, -0.2) is 69.8 Å². The smallest absolute Gasteiger partial charge is 0.304 e. The Morgan fingerprint density at radius 1 is 1.08 bits per heavy atom. The Morgan fingerprint density at radius 3 is 2.36 bits per heavy atom. The highest BCUT2D eigenvalue weighted by Crippen LogP contribution is 2.24. The van der Waals surface area contributed by atoms with Gasteiger partial charge in [0.2, 0.25) is 11.8 Å². The molecule has 0 aromatic heterocycles. The van der Waals surface area contributed by atoms with E-state index in [9.17, 15) is 22.4 Å². The molecule has 0 saturated heterocycles. The van der Waals surface area contributed by atoms with Gasteiger partial charge in [-0.3, -0.25) is 9.59 Å². The molecule has 2 amide bonds. The second-order valence-corrected chi connectivity index (χ2v) is 10.4. The van der Waals surface area contributed by atoms with E-state index in [4.69, 9.17) is 4.74 Å². The SMILES string of the molecule is CCCNC(=O)[C@H](CC)N(Cc1cccc(OC)c1)C(=O)CN(c1ccccc1F)S(=O)(=O)N(C)C. The highest BCUT2D eigenvalue weighted by atomic mass is 32.2. The number of hydrogen-bond acceptors (Lipinski definition) is 5. The van der Waals surface area contributed by atoms with Gasteiger partial charge >= 0.3 is 10.2 Å². The fraction of sp³-hybridized carbons (Fsp3) is 0.440. The molecular weight excluding hydrogens is 487 g/mol. The Hall–Kier alpha value is -3.18. The van der Waals surface area contributed by atoms with Crippen LogP contribution in [0.4, 0.5) is 10.1 Å². The van der Waals surface area contributed by atoms with Crippen molar-refractivity contribution in [2.45, 2.75) is 39.3 Å². The molecule has 0 aliphatic rings.